The highest BCUT2D eigenvalue weighted by atomic mass is 127. The Morgan fingerprint density at radius 1 is 1.26 bits per heavy atom. The molecular formula is C21H35IN4O. The van der Waals surface area contributed by atoms with E-state index < -0.39 is 0 Å². The molecule has 0 aromatic heterocycles. The Hall–Kier alpha value is -1.02. The van der Waals surface area contributed by atoms with Gasteiger partial charge in [-0.2, -0.15) is 0 Å². The number of likely N-dealkylation sites (tertiary alicyclic amines) is 1. The lowest BCUT2D eigenvalue weighted by molar-refractivity contribution is 0.214. The molecule has 5 nitrogen and oxygen atoms in total. The van der Waals surface area contributed by atoms with Gasteiger partial charge >= 0.3 is 0 Å². The summed E-state index contributed by atoms with van der Waals surface area (Å²) in [5, 5.41) is 6.85. The Morgan fingerprint density at radius 3 is 2.85 bits per heavy atom. The molecule has 1 aromatic carbocycles. The molecule has 1 aromatic rings. The van der Waals surface area contributed by atoms with Crippen LogP contribution in [0.3, 0.4) is 0 Å². The molecule has 0 aliphatic carbocycles. The minimum atomic E-state index is 0. The summed E-state index contributed by atoms with van der Waals surface area (Å²) in [5.74, 6) is 2.85. The van der Waals surface area contributed by atoms with Crippen LogP contribution >= 0.6 is 24.0 Å². The zero-order valence-corrected chi connectivity index (χ0v) is 19.1. The molecule has 0 atom stereocenters. The Kier molecular flexibility index (Phi) is 9.68. The molecule has 0 radical (unpaired) electrons. The summed E-state index contributed by atoms with van der Waals surface area (Å²) in [6, 6.07) is 6.57. The molecule has 0 spiro atoms. The molecule has 2 N–H and O–H groups in total. The van der Waals surface area contributed by atoms with Crippen molar-refractivity contribution < 1.29 is 4.74 Å². The Balaban J connectivity index is 0.00000261. The fourth-order valence-corrected chi connectivity index (χ4v) is 3.77. The summed E-state index contributed by atoms with van der Waals surface area (Å²) in [6.45, 7) is 8.13. The standard InChI is InChI=1S/C21H34N4O.HI/c1-3-22-21(23-11-6-17-8-13-25(2)14-9-17)24-12-7-18-4-5-20-19(16-18)10-15-26-20;/h4-5,16-17H,3,6-15H2,1-2H3,(H2,22,23,24);1H. The topological polar surface area (TPSA) is 48.9 Å². The summed E-state index contributed by atoms with van der Waals surface area (Å²) >= 11 is 0. The number of piperidine rings is 1. The van der Waals surface area contributed by atoms with Gasteiger partial charge in [0.2, 0.25) is 0 Å². The van der Waals surface area contributed by atoms with Crippen molar-refractivity contribution in [1.82, 2.24) is 15.5 Å². The largest absolute Gasteiger partial charge is 0.493 e. The van der Waals surface area contributed by atoms with Gasteiger partial charge in [0.05, 0.1) is 6.61 Å². The molecule has 27 heavy (non-hydrogen) atoms. The van der Waals surface area contributed by atoms with Crippen LogP contribution in [0.25, 0.3) is 0 Å². The number of ether oxygens (including phenoxy) is 1. The minimum absolute atomic E-state index is 0. The van der Waals surface area contributed by atoms with Crippen LogP contribution in [0, 0.1) is 5.92 Å². The van der Waals surface area contributed by atoms with Crippen LogP contribution < -0.4 is 15.4 Å². The van der Waals surface area contributed by atoms with Crippen LogP contribution in [0.15, 0.2) is 23.2 Å². The Morgan fingerprint density at radius 2 is 2.07 bits per heavy atom. The number of nitrogens with zero attached hydrogens (tertiary/aromatic N) is 2. The maximum absolute atomic E-state index is 5.58. The minimum Gasteiger partial charge on any atom is -0.493 e. The molecule has 2 aliphatic heterocycles. The molecule has 6 heteroatoms. The summed E-state index contributed by atoms with van der Waals surface area (Å²) in [6.07, 6.45) is 5.88. The van der Waals surface area contributed by atoms with E-state index in [0.29, 0.717) is 0 Å². The number of nitrogens with one attached hydrogen (secondary N) is 2. The van der Waals surface area contributed by atoms with E-state index in [1.165, 1.54) is 43.5 Å². The highest BCUT2D eigenvalue weighted by Crippen LogP contribution is 2.25. The second-order valence-corrected chi connectivity index (χ2v) is 7.51. The van der Waals surface area contributed by atoms with Gasteiger partial charge in [-0.15, -0.1) is 24.0 Å². The maximum Gasteiger partial charge on any atom is 0.191 e. The van der Waals surface area contributed by atoms with Crippen molar-refractivity contribution in [3.63, 3.8) is 0 Å². The molecule has 0 bridgehead atoms. The van der Waals surface area contributed by atoms with Gasteiger partial charge in [-0.3, -0.25) is 4.99 Å². The SMILES string of the molecule is CCNC(=NCCC1CCN(C)CC1)NCCc1ccc2c(c1)CCO2.I. The molecule has 1 fully saturated rings. The number of benzene rings is 1. The normalized spacial score (nSPS) is 17.8. The van der Waals surface area contributed by atoms with Crippen LogP contribution in [-0.4, -0.2) is 57.2 Å². The summed E-state index contributed by atoms with van der Waals surface area (Å²) in [7, 11) is 2.22. The van der Waals surface area contributed by atoms with E-state index >= 15 is 0 Å². The highest BCUT2D eigenvalue weighted by molar-refractivity contribution is 14.0. The number of rotatable bonds is 7. The van der Waals surface area contributed by atoms with Crippen LogP contribution in [0.4, 0.5) is 0 Å². The fraction of sp³-hybridized carbons (Fsp3) is 0.667. The molecular weight excluding hydrogens is 451 g/mol. The third-order valence-corrected chi connectivity index (χ3v) is 5.45. The zero-order valence-electron chi connectivity index (χ0n) is 16.8. The lowest BCUT2D eigenvalue weighted by Crippen LogP contribution is -2.38. The van der Waals surface area contributed by atoms with Gasteiger partial charge in [0.15, 0.2) is 5.96 Å². The van der Waals surface area contributed by atoms with Crippen molar-refractivity contribution >= 4 is 29.9 Å². The van der Waals surface area contributed by atoms with Crippen LogP contribution in [0.1, 0.15) is 37.3 Å². The number of hydrogen-bond donors (Lipinski definition) is 2. The number of halogens is 1. The third kappa shape index (κ3) is 7.14. The lowest BCUT2D eigenvalue weighted by atomic mass is 9.94. The van der Waals surface area contributed by atoms with Crippen molar-refractivity contribution in [1.29, 1.82) is 0 Å². The predicted molar refractivity (Wildman–Crippen MR) is 124 cm³/mol. The average Bonchev–Trinajstić information content (AvgIpc) is 3.11. The second-order valence-electron chi connectivity index (χ2n) is 7.51. The monoisotopic (exact) mass is 486 g/mol. The number of aliphatic imine (C=N–C) groups is 1. The smallest absolute Gasteiger partial charge is 0.191 e. The first-order chi connectivity index (χ1) is 12.7. The number of hydrogen-bond acceptors (Lipinski definition) is 3. The average molecular weight is 486 g/mol. The molecule has 3 rings (SSSR count). The molecule has 152 valence electrons. The van der Waals surface area contributed by atoms with Crippen molar-refractivity contribution in [2.45, 2.75) is 39.0 Å². The van der Waals surface area contributed by atoms with Crippen molar-refractivity contribution in [3.8, 4) is 5.75 Å². The molecule has 2 aliphatic rings. The van der Waals surface area contributed by atoms with E-state index in [1.807, 2.05) is 0 Å². The number of fused-ring (bicyclic) bond motifs is 1. The van der Waals surface area contributed by atoms with Gasteiger partial charge in [-0.25, -0.2) is 0 Å². The lowest BCUT2D eigenvalue weighted by Gasteiger charge is -2.28. The van der Waals surface area contributed by atoms with Gasteiger partial charge in [0, 0.05) is 26.1 Å². The molecule has 2 heterocycles. The molecule has 0 saturated carbocycles. The molecule has 1 saturated heterocycles. The van der Waals surface area contributed by atoms with Crippen LogP contribution in [0.2, 0.25) is 0 Å². The Bertz CT molecular complexity index is 600. The molecule has 0 unspecified atom stereocenters. The van der Waals surface area contributed by atoms with Crippen molar-refractivity contribution in [2.75, 3.05) is 46.4 Å². The predicted octanol–water partition coefficient (Wildman–Crippen LogP) is 3.07. The van der Waals surface area contributed by atoms with Gasteiger partial charge < -0.3 is 20.3 Å². The first-order valence-corrected chi connectivity index (χ1v) is 10.2. The van der Waals surface area contributed by atoms with E-state index in [-0.39, 0.29) is 24.0 Å². The van der Waals surface area contributed by atoms with Crippen LogP contribution in [0.5, 0.6) is 5.75 Å². The van der Waals surface area contributed by atoms with E-state index in [2.05, 4.69) is 47.7 Å². The summed E-state index contributed by atoms with van der Waals surface area (Å²) in [4.78, 5) is 7.20. The summed E-state index contributed by atoms with van der Waals surface area (Å²) < 4.78 is 5.58. The quantitative estimate of drug-likeness (QED) is 0.354. The van der Waals surface area contributed by atoms with E-state index in [0.717, 1.165) is 56.7 Å². The van der Waals surface area contributed by atoms with E-state index in [9.17, 15) is 0 Å². The number of guanidine groups is 1. The first kappa shape index (κ1) is 22.3. The van der Waals surface area contributed by atoms with Crippen LogP contribution in [-0.2, 0) is 12.8 Å². The summed E-state index contributed by atoms with van der Waals surface area (Å²) in [5.41, 5.74) is 2.71. The second kappa shape index (κ2) is 11.7. The molecule has 0 amide bonds. The fourth-order valence-electron chi connectivity index (χ4n) is 3.77. The van der Waals surface area contributed by atoms with Gasteiger partial charge in [0.25, 0.3) is 0 Å². The maximum atomic E-state index is 5.58. The zero-order chi connectivity index (χ0) is 18.2. The highest BCUT2D eigenvalue weighted by Gasteiger charge is 2.16. The van der Waals surface area contributed by atoms with Crippen molar-refractivity contribution in [3.05, 3.63) is 29.3 Å². The van der Waals surface area contributed by atoms with E-state index in [1.54, 1.807) is 0 Å². The first-order valence-electron chi connectivity index (χ1n) is 10.2. The van der Waals surface area contributed by atoms with E-state index in [4.69, 9.17) is 9.73 Å². The third-order valence-electron chi connectivity index (χ3n) is 5.45. The van der Waals surface area contributed by atoms with Gasteiger partial charge in [0.1, 0.15) is 5.75 Å². The van der Waals surface area contributed by atoms with Gasteiger partial charge in [-0.05, 0) is 75.9 Å². The Labute approximate surface area is 181 Å². The van der Waals surface area contributed by atoms with Gasteiger partial charge in [-0.1, -0.05) is 12.1 Å². The van der Waals surface area contributed by atoms with Crippen molar-refractivity contribution in [2.24, 2.45) is 10.9 Å².